The minimum atomic E-state index is -0.336. The SMILES string of the molecule is CCCCCCCCCCCCCCN(C)CCCCOC(=O)c1ccc(C(=O)OCCCCN(C)CCCCCCCCCCCCCC)cc1. The highest BCUT2D eigenvalue weighted by atomic mass is 16.5. The Labute approximate surface area is 322 Å². The van der Waals surface area contributed by atoms with Crippen molar-refractivity contribution in [2.75, 3.05) is 53.5 Å². The fourth-order valence-electron chi connectivity index (χ4n) is 6.88. The van der Waals surface area contributed by atoms with Crippen LogP contribution in [0.1, 0.15) is 214 Å². The van der Waals surface area contributed by atoms with Gasteiger partial charge in [0, 0.05) is 0 Å². The van der Waals surface area contributed by atoms with Crippen LogP contribution in [0.25, 0.3) is 0 Å². The van der Waals surface area contributed by atoms with Crippen molar-refractivity contribution in [2.24, 2.45) is 0 Å². The Morgan fingerprint density at radius 3 is 0.885 bits per heavy atom. The van der Waals surface area contributed by atoms with Crippen LogP contribution in [0.4, 0.5) is 0 Å². The Morgan fingerprint density at radius 1 is 0.385 bits per heavy atom. The van der Waals surface area contributed by atoms with E-state index < -0.39 is 0 Å². The van der Waals surface area contributed by atoms with Gasteiger partial charge in [0.15, 0.2) is 0 Å². The maximum Gasteiger partial charge on any atom is 0.338 e. The van der Waals surface area contributed by atoms with Crippen LogP contribution < -0.4 is 0 Å². The number of carbonyl (C=O) groups excluding carboxylic acids is 2. The van der Waals surface area contributed by atoms with Crippen molar-refractivity contribution in [2.45, 2.75) is 194 Å². The van der Waals surface area contributed by atoms with Crippen LogP contribution in [0.15, 0.2) is 24.3 Å². The molecule has 0 aromatic heterocycles. The van der Waals surface area contributed by atoms with E-state index in [0.717, 1.165) is 51.9 Å². The predicted molar refractivity (Wildman–Crippen MR) is 223 cm³/mol. The zero-order chi connectivity index (χ0) is 37.7. The standard InChI is InChI=1S/C46H84N2O4/c1-5-7-9-11-13-15-17-19-21-23-25-27-37-47(3)39-29-31-41-51-45(49)43-33-35-44(36-34-43)46(50)52-42-32-30-40-48(4)38-28-26-24-22-20-18-16-14-12-10-8-6-2/h33-36H,5-32,37-42H2,1-4H3. The number of ether oxygens (including phenoxy) is 2. The molecule has 6 nitrogen and oxygen atoms in total. The summed E-state index contributed by atoms with van der Waals surface area (Å²) in [4.78, 5) is 29.8. The highest BCUT2D eigenvalue weighted by Gasteiger charge is 2.11. The molecular weight excluding hydrogens is 645 g/mol. The lowest BCUT2D eigenvalue weighted by atomic mass is 10.1. The number of unbranched alkanes of at least 4 members (excludes halogenated alkanes) is 24. The van der Waals surface area contributed by atoms with Gasteiger partial charge in [0.2, 0.25) is 0 Å². The average Bonchev–Trinajstić information content (AvgIpc) is 3.15. The minimum absolute atomic E-state index is 0.336. The number of hydrogen-bond donors (Lipinski definition) is 0. The summed E-state index contributed by atoms with van der Waals surface area (Å²) in [5, 5.41) is 0. The van der Waals surface area contributed by atoms with Crippen molar-refractivity contribution in [3.05, 3.63) is 35.4 Å². The molecule has 0 saturated heterocycles. The fourth-order valence-corrected chi connectivity index (χ4v) is 6.88. The topological polar surface area (TPSA) is 59.1 Å². The maximum atomic E-state index is 12.5. The van der Waals surface area contributed by atoms with E-state index in [9.17, 15) is 9.59 Å². The molecule has 52 heavy (non-hydrogen) atoms. The number of benzene rings is 1. The third kappa shape index (κ3) is 29.5. The summed E-state index contributed by atoms with van der Waals surface area (Å²) in [5.74, 6) is -0.672. The Kier molecular flexibility index (Phi) is 33.4. The highest BCUT2D eigenvalue weighted by Crippen LogP contribution is 2.14. The van der Waals surface area contributed by atoms with Crippen molar-refractivity contribution in [1.29, 1.82) is 0 Å². The largest absolute Gasteiger partial charge is 0.462 e. The molecule has 0 radical (unpaired) electrons. The van der Waals surface area contributed by atoms with Crippen LogP contribution in [0, 0.1) is 0 Å². The number of hydrogen-bond acceptors (Lipinski definition) is 6. The summed E-state index contributed by atoms with van der Waals surface area (Å²) in [7, 11) is 4.38. The van der Waals surface area contributed by atoms with Crippen molar-refractivity contribution >= 4 is 11.9 Å². The predicted octanol–water partition coefficient (Wildman–Crippen LogP) is 12.8. The molecule has 0 aliphatic heterocycles. The Morgan fingerprint density at radius 2 is 0.615 bits per heavy atom. The summed E-state index contributed by atoms with van der Waals surface area (Å²) < 4.78 is 11.0. The molecule has 0 N–H and O–H groups in total. The number of carbonyl (C=O) groups is 2. The monoisotopic (exact) mass is 729 g/mol. The van der Waals surface area contributed by atoms with Gasteiger partial charge in [-0.3, -0.25) is 0 Å². The molecule has 0 heterocycles. The lowest BCUT2D eigenvalue weighted by Crippen LogP contribution is -2.21. The molecule has 0 saturated carbocycles. The number of esters is 2. The van der Waals surface area contributed by atoms with Gasteiger partial charge in [-0.1, -0.05) is 155 Å². The van der Waals surface area contributed by atoms with Gasteiger partial charge in [0.05, 0.1) is 24.3 Å². The molecule has 0 atom stereocenters. The van der Waals surface area contributed by atoms with Crippen LogP contribution in [-0.4, -0.2) is 75.2 Å². The van der Waals surface area contributed by atoms with E-state index in [1.807, 2.05) is 0 Å². The molecule has 302 valence electrons. The number of rotatable bonds is 38. The third-order valence-electron chi connectivity index (χ3n) is 10.5. The zero-order valence-electron chi connectivity index (χ0n) is 34.9. The van der Waals surface area contributed by atoms with E-state index in [4.69, 9.17) is 9.47 Å². The van der Waals surface area contributed by atoms with Crippen molar-refractivity contribution < 1.29 is 19.1 Å². The summed E-state index contributed by atoms with van der Waals surface area (Å²) in [5.41, 5.74) is 0.939. The molecule has 1 aromatic rings. The molecule has 0 aliphatic rings. The molecule has 1 aromatic carbocycles. The normalized spacial score (nSPS) is 11.5. The second-order valence-corrected chi connectivity index (χ2v) is 15.6. The Hall–Kier alpha value is -1.92. The van der Waals surface area contributed by atoms with E-state index >= 15 is 0 Å². The summed E-state index contributed by atoms with van der Waals surface area (Å²) in [6.07, 6.45) is 36.9. The van der Waals surface area contributed by atoms with Crippen LogP contribution in [0.3, 0.4) is 0 Å². The van der Waals surface area contributed by atoms with Crippen LogP contribution in [0.2, 0.25) is 0 Å². The van der Waals surface area contributed by atoms with Gasteiger partial charge in [0.1, 0.15) is 0 Å². The first-order valence-corrected chi connectivity index (χ1v) is 22.3. The summed E-state index contributed by atoms with van der Waals surface area (Å²) >= 11 is 0. The van der Waals surface area contributed by atoms with Gasteiger partial charge in [-0.15, -0.1) is 0 Å². The average molecular weight is 729 g/mol. The smallest absolute Gasteiger partial charge is 0.338 e. The molecule has 6 heteroatoms. The van der Waals surface area contributed by atoms with Gasteiger partial charge in [-0.25, -0.2) is 9.59 Å². The molecule has 1 rings (SSSR count). The van der Waals surface area contributed by atoms with E-state index in [2.05, 4.69) is 37.7 Å². The van der Waals surface area contributed by atoms with Crippen LogP contribution in [-0.2, 0) is 9.47 Å². The molecule has 0 fully saturated rings. The van der Waals surface area contributed by atoms with Crippen LogP contribution in [0.5, 0.6) is 0 Å². The molecule has 0 aliphatic carbocycles. The Balaban J connectivity index is 1.98. The number of nitrogens with zero attached hydrogens (tertiary/aromatic N) is 2. The van der Waals surface area contributed by atoms with Crippen LogP contribution >= 0.6 is 0 Å². The fraction of sp³-hybridized carbons (Fsp3) is 0.826. The third-order valence-corrected chi connectivity index (χ3v) is 10.5. The minimum Gasteiger partial charge on any atom is -0.462 e. The van der Waals surface area contributed by atoms with Gasteiger partial charge in [-0.2, -0.15) is 0 Å². The zero-order valence-corrected chi connectivity index (χ0v) is 34.9. The molecule has 0 amide bonds. The second-order valence-electron chi connectivity index (χ2n) is 15.6. The first kappa shape index (κ1) is 48.1. The van der Waals surface area contributed by atoms with E-state index in [1.165, 1.54) is 154 Å². The van der Waals surface area contributed by atoms with E-state index in [0.29, 0.717) is 24.3 Å². The maximum absolute atomic E-state index is 12.5. The second kappa shape index (κ2) is 36.1. The first-order valence-electron chi connectivity index (χ1n) is 22.3. The van der Waals surface area contributed by atoms with E-state index in [1.54, 1.807) is 24.3 Å². The van der Waals surface area contributed by atoms with Crippen molar-refractivity contribution in [3.63, 3.8) is 0 Å². The van der Waals surface area contributed by atoms with Crippen molar-refractivity contribution in [3.8, 4) is 0 Å². The van der Waals surface area contributed by atoms with Gasteiger partial charge < -0.3 is 19.3 Å². The van der Waals surface area contributed by atoms with Gasteiger partial charge in [0.25, 0.3) is 0 Å². The lowest BCUT2D eigenvalue weighted by Gasteiger charge is -2.16. The van der Waals surface area contributed by atoms with E-state index in [-0.39, 0.29) is 11.9 Å². The lowest BCUT2D eigenvalue weighted by molar-refractivity contribution is 0.0481. The molecule has 0 spiro atoms. The first-order chi connectivity index (χ1) is 25.5. The van der Waals surface area contributed by atoms with Gasteiger partial charge in [-0.05, 0) is 103 Å². The summed E-state index contributed by atoms with van der Waals surface area (Å²) in [6, 6.07) is 6.63. The van der Waals surface area contributed by atoms with Gasteiger partial charge >= 0.3 is 11.9 Å². The summed E-state index contributed by atoms with van der Waals surface area (Å²) in [6.45, 7) is 9.75. The molecule has 0 bridgehead atoms. The Bertz CT molecular complexity index is 862. The van der Waals surface area contributed by atoms with Crippen molar-refractivity contribution in [1.82, 2.24) is 9.80 Å². The quantitative estimate of drug-likeness (QED) is 0.0499. The molecular formula is C46H84N2O4. The molecule has 0 unspecified atom stereocenters. The highest BCUT2D eigenvalue weighted by molar-refractivity contribution is 5.93.